The molecule has 33 heavy (non-hydrogen) atoms. The second kappa shape index (κ2) is 9.73. The molecule has 178 valence electrons. The number of benzene rings is 1. The molecule has 3 atom stereocenters. The van der Waals surface area contributed by atoms with E-state index in [9.17, 15) is 4.39 Å². The third kappa shape index (κ3) is 4.87. The molecule has 2 aromatic heterocycles. The summed E-state index contributed by atoms with van der Waals surface area (Å²) in [6, 6.07) is 4.53. The molecule has 0 aliphatic carbocycles. The predicted molar refractivity (Wildman–Crippen MR) is 128 cm³/mol. The summed E-state index contributed by atoms with van der Waals surface area (Å²) >= 11 is 0. The fourth-order valence-corrected chi connectivity index (χ4v) is 4.88. The van der Waals surface area contributed by atoms with Crippen molar-refractivity contribution in [3.05, 3.63) is 34.9 Å². The molecule has 0 radical (unpaired) electrons. The number of methoxy groups -OCH3 is 1. The number of hydrogen-bond acceptors (Lipinski definition) is 7. The minimum atomic E-state index is -0.307. The number of pyridine rings is 1. The number of piperidine rings is 1. The van der Waals surface area contributed by atoms with Gasteiger partial charge in [0.05, 0.1) is 5.56 Å². The molecule has 1 saturated heterocycles. The molecule has 1 aliphatic rings. The Morgan fingerprint density at radius 1 is 1.27 bits per heavy atom. The fraction of sp³-hybridized carbons (Fsp3) is 0.560. The van der Waals surface area contributed by atoms with Crippen LogP contribution in [0.4, 0.5) is 10.2 Å². The highest BCUT2D eigenvalue weighted by atomic mass is 19.1. The lowest BCUT2D eigenvalue weighted by Gasteiger charge is -2.40. The summed E-state index contributed by atoms with van der Waals surface area (Å²) in [5.41, 5.74) is 2.93. The van der Waals surface area contributed by atoms with E-state index >= 15 is 0 Å². The number of hydrogen-bond donors (Lipinski definition) is 1. The van der Waals surface area contributed by atoms with Crippen LogP contribution in [0.15, 0.2) is 16.7 Å². The number of halogens is 1. The van der Waals surface area contributed by atoms with Gasteiger partial charge in [0.15, 0.2) is 5.82 Å². The summed E-state index contributed by atoms with van der Waals surface area (Å²) in [6.45, 7) is 11.6. The largest absolute Gasteiger partial charge is 0.385 e. The summed E-state index contributed by atoms with van der Waals surface area (Å²) in [7, 11) is 1.73. The van der Waals surface area contributed by atoms with Crippen LogP contribution in [0.1, 0.15) is 50.1 Å². The highest BCUT2D eigenvalue weighted by molar-refractivity contribution is 5.93. The maximum Gasteiger partial charge on any atom is 0.261 e. The average Bonchev–Trinajstić information content (AvgIpc) is 3.18. The molecule has 1 fully saturated rings. The third-order valence-electron chi connectivity index (χ3n) is 6.59. The van der Waals surface area contributed by atoms with Crippen LogP contribution >= 0.6 is 0 Å². The van der Waals surface area contributed by atoms with Crippen LogP contribution in [0, 0.1) is 26.6 Å². The maximum atomic E-state index is 15.0. The van der Waals surface area contributed by atoms with E-state index in [1.165, 1.54) is 6.07 Å². The first-order valence-corrected chi connectivity index (χ1v) is 11.7. The summed E-state index contributed by atoms with van der Waals surface area (Å²) in [4.78, 5) is 11.6. The van der Waals surface area contributed by atoms with Crippen molar-refractivity contribution < 1.29 is 13.7 Å². The number of nitrogens with zero attached hydrogens (tertiary/aromatic N) is 4. The summed E-state index contributed by atoms with van der Waals surface area (Å²) in [5.74, 6) is 1.40. The molecule has 4 rings (SSSR count). The predicted octanol–water partition coefficient (Wildman–Crippen LogP) is 4.72. The molecule has 0 saturated carbocycles. The second-order valence-corrected chi connectivity index (χ2v) is 9.34. The summed E-state index contributed by atoms with van der Waals surface area (Å²) in [6.07, 6.45) is 2.92. The van der Waals surface area contributed by atoms with Gasteiger partial charge in [0.1, 0.15) is 17.2 Å². The SMILES string of the molecule is COCC[C@@H](C)N[C@@H]1CCN(c2nc3c(F)cc(C)cc3c(C)c2-c2nc(C)no2)[C@H](C)C1. The summed E-state index contributed by atoms with van der Waals surface area (Å²) in [5, 5.41) is 8.51. The van der Waals surface area contributed by atoms with Gasteiger partial charge in [-0.1, -0.05) is 5.16 Å². The lowest BCUT2D eigenvalue weighted by molar-refractivity contribution is 0.180. The maximum absolute atomic E-state index is 15.0. The Morgan fingerprint density at radius 3 is 2.73 bits per heavy atom. The molecule has 3 heterocycles. The van der Waals surface area contributed by atoms with Crippen molar-refractivity contribution in [3.63, 3.8) is 0 Å². The van der Waals surface area contributed by atoms with Crippen molar-refractivity contribution in [1.82, 2.24) is 20.4 Å². The zero-order valence-electron chi connectivity index (χ0n) is 20.4. The Labute approximate surface area is 194 Å². The zero-order valence-corrected chi connectivity index (χ0v) is 20.4. The highest BCUT2D eigenvalue weighted by Gasteiger charge is 2.31. The van der Waals surface area contributed by atoms with E-state index in [0.29, 0.717) is 35.1 Å². The molecule has 0 bridgehead atoms. The van der Waals surface area contributed by atoms with Gasteiger partial charge in [-0.3, -0.25) is 0 Å². The van der Waals surface area contributed by atoms with Gasteiger partial charge in [0, 0.05) is 43.8 Å². The van der Waals surface area contributed by atoms with E-state index in [4.69, 9.17) is 14.2 Å². The van der Waals surface area contributed by atoms with Crippen molar-refractivity contribution in [2.24, 2.45) is 0 Å². The average molecular weight is 456 g/mol. The van der Waals surface area contributed by atoms with Crippen LogP contribution in [0.2, 0.25) is 0 Å². The van der Waals surface area contributed by atoms with E-state index in [2.05, 4.69) is 34.2 Å². The lowest BCUT2D eigenvalue weighted by atomic mass is 9.95. The van der Waals surface area contributed by atoms with Gasteiger partial charge in [0.2, 0.25) is 0 Å². The quantitative estimate of drug-likeness (QED) is 0.552. The number of aromatic nitrogens is 3. The molecular formula is C25H34FN5O2. The smallest absolute Gasteiger partial charge is 0.261 e. The Balaban J connectivity index is 1.71. The minimum absolute atomic E-state index is 0.214. The number of aryl methyl sites for hydroxylation is 3. The van der Waals surface area contributed by atoms with E-state index in [1.54, 1.807) is 14.0 Å². The van der Waals surface area contributed by atoms with Gasteiger partial charge < -0.3 is 19.5 Å². The van der Waals surface area contributed by atoms with E-state index in [0.717, 1.165) is 54.5 Å². The molecule has 7 nitrogen and oxygen atoms in total. The molecule has 1 aliphatic heterocycles. The Hall–Kier alpha value is -2.58. The van der Waals surface area contributed by atoms with Crippen molar-refractivity contribution in [2.45, 2.75) is 72.0 Å². The number of anilines is 1. The van der Waals surface area contributed by atoms with Gasteiger partial charge in [0.25, 0.3) is 5.89 Å². The topological polar surface area (TPSA) is 76.3 Å². The molecule has 0 amide bonds. The molecule has 8 heteroatoms. The van der Waals surface area contributed by atoms with E-state index in [1.807, 2.05) is 19.9 Å². The number of ether oxygens (including phenoxy) is 1. The fourth-order valence-electron chi connectivity index (χ4n) is 4.88. The highest BCUT2D eigenvalue weighted by Crippen LogP contribution is 2.39. The van der Waals surface area contributed by atoms with Crippen LogP contribution in [-0.2, 0) is 4.74 Å². The molecule has 3 aromatic rings. The molecule has 1 N–H and O–H groups in total. The molecular weight excluding hydrogens is 421 g/mol. The van der Waals surface area contributed by atoms with E-state index in [-0.39, 0.29) is 11.9 Å². The normalized spacial score (nSPS) is 19.9. The number of fused-ring (bicyclic) bond motifs is 1. The van der Waals surface area contributed by atoms with Crippen LogP contribution < -0.4 is 10.2 Å². The van der Waals surface area contributed by atoms with Gasteiger partial charge in [-0.05, 0) is 77.1 Å². The van der Waals surface area contributed by atoms with Gasteiger partial charge in [-0.25, -0.2) is 9.37 Å². The monoisotopic (exact) mass is 455 g/mol. The number of rotatable bonds is 7. The first-order chi connectivity index (χ1) is 15.8. The molecule has 1 aromatic carbocycles. The first-order valence-electron chi connectivity index (χ1n) is 11.7. The van der Waals surface area contributed by atoms with Crippen LogP contribution in [0.25, 0.3) is 22.4 Å². The van der Waals surface area contributed by atoms with Crippen molar-refractivity contribution in [1.29, 1.82) is 0 Å². The lowest BCUT2D eigenvalue weighted by Crippen LogP contribution is -2.50. The molecule has 0 spiro atoms. The molecule has 0 unspecified atom stereocenters. The number of nitrogens with one attached hydrogen (secondary N) is 1. The second-order valence-electron chi connectivity index (χ2n) is 9.34. The van der Waals surface area contributed by atoms with Gasteiger partial charge in [-0.2, -0.15) is 4.98 Å². The third-order valence-corrected chi connectivity index (χ3v) is 6.59. The first kappa shape index (κ1) is 23.6. The Morgan fingerprint density at radius 2 is 2.06 bits per heavy atom. The Bertz CT molecular complexity index is 1130. The van der Waals surface area contributed by atoms with Gasteiger partial charge >= 0.3 is 0 Å². The van der Waals surface area contributed by atoms with E-state index < -0.39 is 0 Å². The van der Waals surface area contributed by atoms with Crippen LogP contribution in [0.5, 0.6) is 0 Å². The van der Waals surface area contributed by atoms with Crippen LogP contribution in [0.3, 0.4) is 0 Å². The Kier molecular flexibility index (Phi) is 6.95. The van der Waals surface area contributed by atoms with Crippen molar-refractivity contribution in [2.75, 3.05) is 25.2 Å². The van der Waals surface area contributed by atoms with Crippen molar-refractivity contribution >= 4 is 16.7 Å². The van der Waals surface area contributed by atoms with Crippen molar-refractivity contribution in [3.8, 4) is 11.5 Å². The zero-order chi connectivity index (χ0) is 23.7. The van der Waals surface area contributed by atoms with Crippen LogP contribution in [-0.4, -0.2) is 53.5 Å². The minimum Gasteiger partial charge on any atom is -0.385 e. The summed E-state index contributed by atoms with van der Waals surface area (Å²) < 4.78 is 25.7. The van der Waals surface area contributed by atoms with Gasteiger partial charge in [-0.15, -0.1) is 0 Å². The standard InChI is InChI=1S/C25H34FN5O2/c1-14-11-20-17(4)22(25-28-18(5)30-33-25)24(29-23(20)21(26)12-14)31-9-7-19(13-16(31)3)27-15(2)8-10-32-6/h11-12,15-16,19,27H,7-10,13H2,1-6H3/t15-,16-,19-/m1/s1.